The summed E-state index contributed by atoms with van der Waals surface area (Å²) in [6.45, 7) is 6.32. The van der Waals surface area contributed by atoms with Crippen LogP contribution >= 0.6 is 22.7 Å². The number of nitrogens with zero attached hydrogens (tertiary/aromatic N) is 2. The summed E-state index contributed by atoms with van der Waals surface area (Å²) in [5.41, 5.74) is 4.46. The topological polar surface area (TPSA) is 64.1 Å². The van der Waals surface area contributed by atoms with Crippen molar-refractivity contribution in [1.29, 1.82) is 0 Å². The van der Waals surface area contributed by atoms with Crippen LogP contribution in [0.1, 0.15) is 26.7 Å². The van der Waals surface area contributed by atoms with Gasteiger partial charge in [0.15, 0.2) is 5.13 Å². The number of aryl methyl sites for hydroxylation is 3. The van der Waals surface area contributed by atoms with Crippen molar-refractivity contribution in [3.63, 3.8) is 0 Å². The Balaban J connectivity index is 1.35. The average Bonchev–Trinajstić information content (AvgIpc) is 3.35. The van der Waals surface area contributed by atoms with E-state index in [1.807, 2.05) is 38.3 Å². The molecule has 0 aliphatic heterocycles. The Morgan fingerprint density at radius 3 is 2.66 bits per heavy atom. The number of carbonyl (C=O) groups excluding carboxylic acids is 1. The molecular formula is C24H22FN3O2S2. The van der Waals surface area contributed by atoms with Crippen LogP contribution in [-0.2, 0) is 17.8 Å². The molecule has 0 fully saturated rings. The smallest absolute Gasteiger partial charge is 0.232 e. The lowest BCUT2D eigenvalue weighted by molar-refractivity contribution is -0.115. The molecule has 0 saturated heterocycles. The maximum atomic E-state index is 13.2. The number of rotatable bonds is 7. The molecule has 0 aliphatic carbocycles. The van der Waals surface area contributed by atoms with Crippen LogP contribution in [0.4, 0.5) is 9.52 Å². The molecular weight excluding hydrogens is 445 g/mol. The summed E-state index contributed by atoms with van der Waals surface area (Å²) in [4.78, 5) is 22.5. The molecule has 0 bridgehead atoms. The minimum Gasteiger partial charge on any atom is -0.486 e. The Labute approximate surface area is 194 Å². The van der Waals surface area contributed by atoms with Gasteiger partial charge < -0.3 is 10.1 Å². The first-order valence-electron chi connectivity index (χ1n) is 10.0. The second-order valence-corrected chi connectivity index (χ2v) is 9.59. The number of benzene rings is 2. The molecule has 0 spiro atoms. The fourth-order valence-electron chi connectivity index (χ4n) is 3.15. The highest BCUT2D eigenvalue weighted by Crippen LogP contribution is 2.30. The third kappa shape index (κ3) is 5.38. The molecule has 8 heteroatoms. The first kappa shape index (κ1) is 22.1. The van der Waals surface area contributed by atoms with E-state index in [9.17, 15) is 9.18 Å². The Kier molecular flexibility index (Phi) is 6.62. The van der Waals surface area contributed by atoms with Gasteiger partial charge in [0.05, 0.1) is 17.8 Å². The van der Waals surface area contributed by atoms with E-state index in [1.54, 1.807) is 12.1 Å². The highest BCUT2D eigenvalue weighted by molar-refractivity contribution is 7.16. The van der Waals surface area contributed by atoms with Crippen LogP contribution in [-0.4, -0.2) is 15.9 Å². The Hall–Kier alpha value is -3.10. The zero-order valence-corrected chi connectivity index (χ0v) is 19.6. The van der Waals surface area contributed by atoms with Gasteiger partial charge in [0.2, 0.25) is 5.91 Å². The van der Waals surface area contributed by atoms with E-state index in [1.165, 1.54) is 34.8 Å². The molecule has 2 aromatic carbocycles. The average molecular weight is 468 g/mol. The number of thiazole rings is 2. The van der Waals surface area contributed by atoms with Gasteiger partial charge in [-0.05, 0) is 62.2 Å². The number of ether oxygens (including phenoxy) is 1. The fourth-order valence-corrected chi connectivity index (χ4v) is 4.71. The molecule has 0 atom stereocenters. The first-order chi connectivity index (χ1) is 15.4. The quantitative estimate of drug-likeness (QED) is 0.357. The van der Waals surface area contributed by atoms with Gasteiger partial charge in [-0.1, -0.05) is 12.1 Å². The van der Waals surface area contributed by atoms with Gasteiger partial charge in [-0.15, -0.1) is 22.7 Å². The molecule has 1 amide bonds. The van der Waals surface area contributed by atoms with Crippen LogP contribution < -0.4 is 10.1 Å². The van der Waals surface area contributed by atoms with Gasteiger partial charge in [-0.25, -0.2) is 14.4 Å². The predicted molar refractivity (Wildman–Crippen MR) is 127 cm³/mol. The van der Waals surface area contributed by atoms with Crippen LogP contribution in [0.2, 0.25) is 0 Å². The van der Waals surface area contributed by atoms with E-state index in [0.717, 1.165) is 38.0 Å². The largest absolute Gasteiger partial charge is 0.486 e. The van der Waals surface area contributed by atoms with E-state index in [-0.39, 0.29) is 18.1 Å². The predicted octanol–water partition coefficient (Wildman–Crippen LogP) is 6.09. The molecule has 0 radical (unpaired) electrons. The molecule has 32 heavy (non-hydrogen) atoms. The summed E-state index contributed by atoms with van der Waals surface area (Å²) >= 11 is 2.86. The number of amides is 1. The number of hydrogen-bond acceptors (Lipinski definition) is 6. The fraction of sp³-hybridized carbons (Fsp3) is 0.208. The molecule has 0 saturated carbocycles. The summed E-state index contributed by atoms with van der Waals surface area (Å²) < 4.78 is 19.1. The third-order valence-electron chi connectivity index (χ3n) is 4.80. The van der Waals surface area contributed by atoms with Crippen molar-refractivity contribution >= 4 is 33.7 Å². The first-order valence-corrected chi connectivity index (χ1v) is 11.7. The van der Waals surface area contributed by atoms with Crippen molar-refractivity contribution in [3.05, 3.63) is 80.4 Å². The second kappa shape index (κ2) is 9.58. The maximum absolute atomic E-state index is 13.2. The molecule has 0 aliphatic rings. The second-order valence-electron chi connectivity index (χ2n) is 7.45. The molecule has 2 heterocycles. The zero-order chi connectivity index (χ0) is 22.7. The summed E-state index contributed by atoms with van der Waals surface area (Å²) in [5, 5.41) is 6.05. The number of hydrogen-bond donors (Lipinski definition) is 1. The van der Waals surface area contributed by atoms with E-state index >= 15 is 0 Å². The summed E-state index contributed by atoms with van der Waals surface area (Å²) in [5.74, 6) is 0.365. The monoisotopic (exact) mass is 467 g/mol. The van der Waals surface area contributed by atoms with Crippen molar-refractivity contribution in [3.8, 4) is 17.0 Å². The Morgan fingerprint density at radius 2 is 1.88 bits per heavy atom. The van der Waals surface area contributed by atoms with Crippen molar-refractivity contribution in [1.82, 2.24) is 9.97 Å². The van der Waals surface area contributed by atoms with Crippen LogP contribution in [0.5, 0.6) is 5.75 Å². The highest BCUT2D eigenvalue weighted by atomic mass is 32.1. The number of carbonyl (C=O) groups is 1. The lowest BCUT2D eigenvalue weighted by Gasteiger charge is -2.08. The van der Waals surface area contributed by atoms with Gasteiger partial charge in [0.25, 0.3) is 0 Å². The van der Waals surface area contributed by atoms with Gasteiger partial charge in [-0.2, -0.15) is 0 Å². The normalized spacial score (nSPS) is 10.9. The lowest BCUT2D eigenvalue weighted by Crippen LogP contribution is -2.14. The van der Waals surface area contributed by atoms with Gasteiger partial charge in [0, 0.05) is 15.8 Å². The van der Waals surface area contributed by atoms with Crippen LogP contribution in [0.3, 0.4) is 0 Å². The molecule has 1 N–H and O–H groups in total. The van der Waals surface area contributed by atoms with Crippen molar-refractivity contribution in [2.75, 3.05) is 5.32 Å². The van der Waals surface area contributed by atoms with Crippen molar-refractivity contribution in [2.24, 2.45) is 0 Å². The standard InChI is InChI=1S/C24H22FN3O2S2/c1-14-4-5-15(2)20(10-14)30-12-22-26-19(13-31-22)11-21(29)27-24-28-23(16(3)32-24)17-6-8-18(25)9-7-17/h4-10,13H,11-12H2,1-3H3,(H,27,28,29). The Morgan fingerprint density at radius 1 is 1.09 bits per heavy atom. The number of anilines is 1. The van der Waals surface area contributed by atoms with Gasteiger partial charge >= 0.3 is 0 Å². The van der Waals surface area contributed by atoms with Gasteiger partial charge in [0.1, 0.15) is 23.2 Å². The van der Waals surface area contributed by atoms with Crippen LogP contribution in [0, 0.1) is 26.6 Å². The minimum absolute atomic E-state index is 0.157. The van der Waals surface area contributed by atoms with Crippen LogP contribution in [0.25, 0.3) is 11.3 Å². The Bertz CT molecular complexity index is 1250. The number of halogens is 1. The molecule has 2 aromatic heterocycles. The minimum atomic E-state index is -0.294. The SMILES string of the molecule is Cc1ccc(C)c(OCc2nc(CC(=O)Nc3nc(-c4ccc(F)cc4)c(C)s3)cs2)c1. The van der Waals surface area contributed by atoms with Gasteiger partial charge in [-0.3, -0.25) is 4.79 Å². The van der Waals surface area contributed by atoms with Crippen LogP contribution in [0.15, 0.2) is 47.8 Å². The number of nitrogens with one attached hydrogen (secondary N) is 1. The highest BCUT2D eigenvalue weighted by Gasteiger charge is 2.14. The third-order valence-corrected chi connectivity index (χ3v) is 6.55. The molecule has 4 aromatic rings. The summed E-state index contributed by atoms with van der Waals surface area (Å²) in [7, 11) is 0. The maximum Gasteiger partial charge on any atom is 0.232 e. The zero-order valence-electron chi connectivity index (χ0n) is 17.9. The lowest BCUT2D eigenvalue weighted by atomic mass is 10.1. The van der Waals surface area contributed by atoms with Crippen molar-refractivity contribution < 1.29 is 13.9 Å². The summed E-state index contributed by atoms with van der Waals surface area (Å²) in [6, 6.07) is 12.2. The molecule has 4 rings (SSSR count). The van der Waals surface area contributed by atoms with E-state index in [2.05, 4.69) is 21.4 Å². The van der Waals surface area contributed by atoms with E-state index < -0.39 is 0 Å². The molecule has 5 nitrogen and oxygen atoms in total. The van der Waals surface area contributed by atoms with Crippen molar-refractivity contribution in [2.45, 2.75) is 33.8 Å². The number of aromatic nitrogens is 2. The summed E-state index contributed by atoms with van der Waals surface area (Å²) in [6.07, 6.45) is 0.157. The molecule has 0 unspecified atom stereocenters. The van der Waals surface area contributed by atoms with E-state index in [4.69, 9.17) is 4.74 Å². The molecule has 164 valence electrons. The van der Waals surface area contributed by atoms with E-state index in [0.29, 0.717) is 17.4 Å².